The van der Waals surface area contributed by atoms with Gasteiger partial charge in [0.2, 0.25) is 5.91 Å². The Bertz CT molecular complexity index is 956. The number of hydrogen-bond acceptors (Lipinski definition) is 3. The molecule has 1 aliphatic rings. The Morgan fingerprint density at radius 3 is 2.35 bits per heavy atom. The molecule has 5 nitrogen and oxygen atoms in total. The average Bonchev–Trinajstić information content (AvgIpc) is 2.81. The van der Waals surface area contributed by atoms with Crippen LogP contribution < -0.4 is 10.1 Å². The molecule has 5 heteroatoms. The Morgan fingerprint density at radius 1 is 1.06 bits per heavy atom. The number of benzene rings is 2. The number of aryl methyl sites for hydroxylation is 1. The van der Waals surface area contributed by atoms with Crippen LogP contribution in [0.3, 0.4) is 0 Å². The smallest absolute Gasteiger partial charge is 0.261 e. The molecule has 0 spiro atoms. The highest BCUT2D eigenvalue weighted by molar-refractivity contribution is 5.88. The summed E-state index contributed by atoms with van der Waals surface area (Å²) in [6, 6.07) is 15.5. The van der Waals surface area contributed by atoms with Gasteiger partial charge in [-0.2, -0.15) is 0 Å². The van der Waals surface area contributed by atoms with Crippen molar-refractivity contribution in [3.05, 3.63) is 65.2 Å². The molecule has 0 unspecified atom stereocenters. The summed E-state index contributed by atoms with van der Waals surface area (Å²) in [5.41, 5.74) is 3.39. The first-order valence-corrected chi connectivity index (χ1v) is 12.5. The normalized spacial score (nSPS) is 15.4. The quantitative estimate of drug-likeness (QED) is 0.558. The van der Waals surface area contributed by atoms with E-state index in [0.717, 1.165) is 36.8 Å². The predicted octanol–water partition coefficient (Wildman–Crippen LogP) is 5.54. The average molecular weight is 465 g/mol. The minimum atomic E-state index is -0.582. The largest absolute Gasteiger partial charge is 0.484 e. The highest BCUT2D eigenvalue weighted by atomic mass is 16.5. The summed E-state index contributed by atoms with van der Waals surface area (Å²) in [4.78, 5) is 28.0. The number of hydrogen-bond donors (Lipinski definition) is 1. The minimum Gasteiger partial charge on any atom is -0.484 e. The molecule has 2 aromatic carbocycles. The fraction of sp³-hybridized carbons (Fsp3) is 0.517. The van der Waals surface area contributed by atoms with Gasteiger partial charge in [0.25, 0.3) is 5.91 Å². The van der Waals surface area contributed by atoms with Crippen molar-refractivity contribution >= 4 is 11.8 Å². The lowest BCUT2D eigenvalue weighted by Crippen LogP contribution is -2.51. The number of ether oxygens (including phenoxy) is 1. The summed E-state index contributed by atoms with van der Waals surface area (Å²) in [5.74, 6) is 0.353. The van der Waals surface area contributed by atoms with Crippen molar-refractivity contribution in [2.45, 2.75) is 90.8 Å². The van der Waals surface area contributed by atoms with Crippen molar-refractivity contribution in [1.29, 1.82) is 0 Å². The Kier molecular flexibility index (Phi) is 8.76. The van der Waals surface area contributed by atoms with E-state index in [2.05, 4.69) is 32.2 Å². The zero-order valence-electron chi connectivity index (χ0n) is 21.4. The van der Waals surface area contributed by atoms with Gasteiger partial charge in [0, 0.05) is 12.6 Å². The van der Waals surface area contributed by atoms with Crippen LogP contribution in [0, 0.1) is 6.92 Å². The molecule has 184 valence electrons. The van der Waals surface area contributed by atoms with Gasteiger partial charge in [-0.3, -0.25) is 9.59 Å². The van der Waals surface area contributed by atoms with E-state index in [1.807, 2.05) is 56.3 Å². The molecular formula is C29H40N2O3. The lowest BCUT2D eigenvalue weighted by Gasteiger charge is -2.31. The van der Waals surface area contributed by atoms with Gasteiger partial charge in [0.15, 0.2) is 6.61 Å². The molecule has 0 aliphatic heterocycles. The highest BCUT2D eigenvalue weighted by Crippen LogP contribution is 2.24. The minimum absolute atomic E-state index is 0.0556. The molecule has 1 saturated carbocycles. The van der Waals surface area contributed by atoms with Gasteiger partial charge in [0.05, 0.1) is 0 Å². The number of nitrogens with zero attached hydrogens (tertiary/aromatic N) is 1. The number of carbonyl (C=O) groups excluding carboxylic acids is 2. The maximum atomic E-state index is 13.3. The molecule has 0 aromatic heterocycles. The monoisotopic (exact) mass is 464 g/mol. The van der Waals surface area contributed by atoms with Crippen LogP contribution in [0.5, 0.6) is 5.75 Å². The predicted molar refractivity (Wildman–Crippen MR) is 137 cm³/mol. The van der Waals surface area contributed by atoms with E-state index in [4.69, 9.17) is 4.74 Å². The second-order valence-electron chi connectivity index (χ2n) is 10.6. The van der Waals surface area contributed by atoms with Gasteiger partial charge in [-0.1, -0.05) is 82.0 Å². The van der Waals surface area contributed by atoms with E-state index < -0.39 is 6.04 Å². The van der Waals surface area contributed by atoms with Crippen LogP contribution in [0.1, 0.15) is 76.5 Å². The van der Waals surface area contributed by atoms with E-state index in [-0.39, 0.29) is 29.9 Å². The van der Waals surface area contributed by atoms with Gasteiger partial charge in [0.1, 0.15) is 11.8 Å². The van der Waals surface area contributed by atoms with Gasteiger partial charge in [-0.25, -0.2) is 0 Å². The maximum Gasteiger partial charge on any atom is 0.261 e. The fourth-order valence-corrected chi connectivity index (χ4v) is 4.44. The number of rotatable bonds is 8. The topological polar surface area (TPSA) is 58.6 Å². The van der Waals surface area contributed by atoms with Crippen molar-refractivity contribution in [3.8, 4) is 5.75 Å². The van der Waals surface area contributed by atoms with E-state index in [9.17, 15) is 9.59 Å². The first kappa shape index (κ1) is 25.8. The van der Waals surface area contributed by atoms with E-state index in [1.165, 1.54) is 12.0 Å². The zero-order chi connectivity index (χ0) is 24.7. The first-order chi connectivity index (χ1) is 16.1. The van der Waals surface area contributed by atoms with Crippen LogP contribution in [-0.4, -0.2) is 35.4 Å². The molecule has 2 aromatic rings. The second-order valence-corrected chi connectivity index (χ2v) is 10.6. The van der Waals surface area contributed by atoms with Crippen molar-refractivity contribution in [2.75, 3.05) is 6.61 Å². The Morgan fingerprint density at radius 2 is 1.74 bits per heavy atom. The molecule has 0 saturated heterocycles. The summed E-state index contributed by atoms with van der Waals surface area (Å²) < 4.78 is 5.83. The van der Waals surface area contributed by atoms with Gasteiger partial charge in [-0.05, 0) is 55.4 Å². The molecule has 1 aliphatic carbocycles. The lowest BCUT2D eigenvalue weighted by molar-refractivity contribution is -0.142. The summed E-state index contributed by atoms with van der Waals surface area (Å²) in [5, 5.41) is 3.17. The second kappa shape index (κ2) is 11.5. The molecule has 0 radical (unpaired) electrons. The SMILES string of the molecule is Cc1cccc(CN(C(=O)COc2ccc(C(C)(C)C)cc2)[C@H](C)C(=O)NC2CCCCC2)c1. The molecule has 34 heavy (non-hydrogen) atoms. The van der Waals surface area contributed by atoms with E-state index in [1.54, 1.807) is 4.90 Å². The molecule has 0 heterocycles. The number of amides is 2. The summed E-state index contributed by atoms with van der Waals surface area (Å²) in [7, 11) is 0. The van der Waals surface area contributed by atoms with Gasteiger partial charge < -0.3 is 15.0 Å². The Balaban J connectivity index is 1.69. The third-order valence-corrected chi connectivity index (χ3v) is 6.64. The van der Waals surface area contributed by atoms with Crippen molar-refractivity contribution in [1.82, 2.24) is 10.2 Å². The summed E-state index contributed by atoms with van der Waals surface area (Å²) in [6.07, 6.45) is 5.55. The zero-order valence-corrected chi connectivity index (χ0v) is 21.4. The lowest BCUT2D eigenvalue weighted by atomic mass is 9.87. The molecule has 1 fully saturated rings. The van der Waals surface area contributed by atoms with Crippen LogP contribution in [0.4, 0.5) is 0 Å². The van der Waals surface area contributed by atoms with Crippen LogP contribution in [0.25, 0.3) is 0 Å². The molecule has 1 atom stereocenters. The molecule has 0 bridgehead atoms. The maximum absolute atomic E-state index is 13.3. The number of carbonyl (C=O) groups is 2. The first-order valence-electron chi connectivity index (χ1n) is 12.5. The Hall–Kier alpha value is -2.82. The summed E-state index contributed by atoms with van der Waals surface area (Å²) >= 11 is 0. The van der Waals surface area contributed by atoms with E-state index in [0.29, 0.717) is 12.3 Å². The Labute approximate surface area is 204 Å². The van der Waals surface area contributed by atoms with Crippen molar-refractivity contribution in [2.24, 2.45) is 0 Å². The molecule has 3 rings (SSSR count). The summed E-state index contributed by atoms with van der Waals surface area (Å²) in [6.45, 7) is 10.6. The number of nitrogens with one attached hydrogen (secondary N) is 1. The van der Waals surface area contributed by atoms with Crippen LogP contribution in [0.2, 0.25) is 0 Å². The van der Waals surface area contributed by atoms with Crippen molar-refractivity contribution in [3.63, 3.8) is 0 Å². The van der Waals surface area contributed by atoms with Crippen LogP contribution in [0.15, 0.2) is 48.5 Å². The molecule has 1 N–H and O–H groups in total. The fourth-order valence-electron chi connectivity index (χ4n) is 4.44. The van der Waals surface area contributed by atoms with Crippen molar-refractivity contribution < 1.29 is 14.3 Å². The molecule has 2 amide bonds. The highest BCUT2D eigenvalue weighted by Gasteiger charge is 2.28. The third-order valence-electron chi connectivity index (χ3n) is 6.64. The third kappa shape index (κ3) is 7.34. The van der Waals surface area contributed by atoms with Crippen LogP contribution >= 0.6 is 0 Å². The standard InChI is InChI=1S/C29H40N2O3/c1-21-10-9-11-23(18-21)19-31(22(2)28(33)30-25-12-7-6-8-13-25)27(32)20-34-26-16-14-24(15-17-26)29(3,4)5/h9-11,14-18,22,25H,6-8,12-13,19-20H2,1-5H3,(H,30,33)/t22-/m1/s1. The van der Waals surface area contributed by atoms with Crippen LogP contribution in [-0.2, 0) is 21.5 Å². The molecular weight excluding hydrogens is 424 g/mol. The van der Waals surface area contributed by atoms with Gasteiger partial charge >= 0.3 is 0 Å². The van der Waals surface area contributed by atoms with Gasteiger partial charge in [-0.15, -0.1) is 0 Å². The van der Waals surface area contributed by atoms with E-state index >= 15 is 0 Å².